The number of aromatic nitrogens is 1. The van der Waals surface area contributed by atoms with Gasteiger partial charge in [-0.2, -0.15) is 0 Å². The van der Waals surface area contributed by atoms with Crippen molar-refractivity contribution in [3.05, 3.63) is 83.2 Å². The van der Waals surface area contributed by atoms with Crippen LogP contribution >= 0.6 is 0 Å². The number of nitrogens with zero attached hydrogens (tertiary/aromatic N) is 3. The third kappa shape index (κ3) is 3.00. The first-order valence-corrected chi connectivity index (χ1v) is 10.2. The molecule has 1 fully saturated rings. The fourth-order valence-electron chi connectivity index (χ4n) is 4.70. The molecule has 0 bridgehead atoms. The van der Waals surface area contributed by atoms with Crippen LogP contribution in [0.15, 0.2) is 65.2 Å². The smallest absolute Gasteiger partial charge is 0.239 e. The number of hydrogen-bond donors (Lipinski definition) is 0. The number of para-hydroxylation sites is 1. The lowest BCUT2D eigenvalue weighted by Crippen LogP contribution is -2.43. The van der Waals surface area contributed by atoms with Crippen molar-refractivity contribution in [2.75, 3.05) is 18.0 Å². The molecule has 0 aliphatic carbocycles. The third-order valence-electron chi connectivity index (χ3n) is 6.17. The zero-order valence-corrected chi connectivity index (χ0v) is 16.9. The summed E-state index contributed by atoms with van der Waals surface area (Å²) < 4.78 is 5.20. The molecule has 1 spiro atoms. The zero-order chi connectivity index (χ0) is 20.7. The lowest BCUT2D eigenvalue weighted by atomic mass is 9.81. The van der Waals surface area contributed by atoms with E-state index in [1.807, 2.05) is 66.4 Å². The molecule has 3 aromatic rings. The number of carbonyl (C=O) groups excluding carboxylic acids is 2. The Kier molecular flexibility index (Phi) is 4.42. The molecule has 0 saturated carbocycles. The van der Waals surface area contributed by atoms with Crippen molar-refractivity contribution >= 4 is 17.5 Å². The minimum atomic E-state index is -0.668. The van der Waals surface area contributed by atoms with Crippen LogP contribution in [-0.4, -0.2) is 35.0 Å². The first-order chi connectivity index (χ1) is 14.6. The lowest BCUT2D eigenvalue weighted by molar-refractivity contribution is -0.130. The Bertz CT molecular complexity index is 1110. The summed E-state index contributed by atoms with van der Waals surface area (Å²) >= 11 is 0. The van der Waals surface area contributed by atoms with Crippen molar-refractivity contribution in [1.29, 1.82) is 0 Å². The van der Waals surface area contributed by atoms with Gasteiger partial charge < -0.3 is 14.3 Å². The summed E-state index contributed by atoms with van der Waals surface area (Å²) in [6, 6.07) is 19.8. The van der Waals surface area contributed by atoms with Gasteiger partial charge in [0.15, 0.2) is 0 Å². The van der Waals surface area contributed by atoms with Crippen LogP contribution < -0.4 is 4.90 Å². The number of rotatable bonds is 4. The van der Waals surface area contributed by atoms with E-state index < -0.39 is 5.41 Å². The molecule has 2 aromatic carbocycles. The van der Waals surface area contributed by atoms with Crippen molar-refractivity contribution < 1.29 is 14.1 Å². The number of aryl methyl sites for hydroxylation is 1. The predicted molar refractivity (Wildman–Crippen MR) is 112 cm³/mol. The first-order valence-electron chi connectivity index (χ1n) is 10.2. The van der Waals surface area contributed by atoms with Gasteiger partial charge in [-0.05, 0) is 30.5 Å². The normalized spacial score (nSPS) is 20.2. The molecule has 6 heteroatoms. The molecule has 1 atom stereocenters. The van der Waals surface area contributed by atoms with Crippen molar-refractivity contribution in [3.63, 3.8) is 0 Å². The number of anilines is 1. The zero-order valence-electron chi connectivity index (χ0n) is 16.9. The number of likely N-dealkylation sites (tertiary alicyclic amines) is 1. The van der Waals surface area contributed by atoms with E-state index in [4.69, 9.17) is 4.52 Å². The van der Waals surface area contributed by atoms with Gasteiger partial charge in [0.05, 0.1) is 24.1 Å². The SMILES string of the molecule is Cc1cc(CC(=O)N2CCC3(C2)C(=O)N(Cc2ccccc2)c2ccccc23)on1. The van der Waals surface area contributed by atoms with Crippen LogP contribution in [0.25, 0.3) is 0 Å². The van der Waals surface area contributed by atoms with Gasteiger partial charge in [0, 0.05) is 24.8 Å². The van der Waals surface area contributed by atoms with E-state index in [0.29, 0.717) is 31.8 Å². The maximum Gasteiger partial charge on any atom is 0.239 e. The monoisotopic (exact) mass is 401 g/mol. The molecule has 1 unspecified atom stereocenters. The number of carbonyl (C=O) groups is 2. The maximum atomic E-state index is 13.7. The predicted octanol–water partition coefficient (Wildman–Crippen LogP) is 3.24. The van der Waals surface area contributed by atoms with Gasteiger partial charge in [0.2, 0.25) is 11.8 Å². The van der Waals surface area contributed by atoms with Crippen molar-refractivity contribution in [2.24, 2.45) is 0 Å². The molecule has 2 aliphatic rings. The van der Waals surface area contributed by atoms with Crippen molar-refractivity contribution in [1.82, 2.24) is 10.1 Å². The minimum Gasteiger partial charge on any atom is -0.361 e. The molecule has 1 saturated heterocycles. The summed E-state index contributed by atoms with van der Waals surface area (Å²) in [6.07, 6.45) is 0.801. The molecule has 1 aromatic heterocycles. The van der Waals surface area contributed by atoms with E-state index in [2.05, 4.69) is 5.16 Å². The van der Waals surface area contributed by atoms with Crippen molar-refractivity contribution in [2.45, 2.75) is 31.7 Å². The second-order valence-corrected chi connectivity index (χ2v) is 8.15. The summed E-state index contributed by atoms with van der Waals surface area (Å²) in [7, 11) is 0. The second-order valence-electron chi connectivity index (χ2n) is 8.15. The van der Waals surface area contributed by atoms with Gasteiger partial charge in [0.1, 0.15) is 5.76 Å². The highest BCUT2D eigenvalue weighted by Gasteiger charge is 2.54. The van der Waals surface area contributed by atoms with E-state index >= 15 is 0 Å². The first kappa shape index (κ1) is 18.6. The summed E-state index contributed by atoms with van der Waals surface area (Å²) in [5.41, 5.74) is 3.15. The third-order valence-corrected chi connectivity index (χ3v) is 6.17. The highest BCUT2D eigenvalue weighted by atomic mass is 16.5. The largest absolute Gasteiger partial charge is 0.361 e. The fraction of sp³-hybridized carbons (Fsp3) is 0.292. The maximum absolute atomic E-state index is 13.7. The average Bonchev–Trinajstić information content (AvgIpc) is 3.44. The van der Waals surface area contributed by atoms with E-state index in [0.717, 1.165) is 22.5 Å². The standard InChI is InChI=1S/C24H23N3O3/c1-17-13-19(30-25-17)14-22(28)26-12-11-24(16-26)20-9-5-6-10-21(20)27(23(24)29)15-18-7-3-2-4-8-18/h2-10,13H,11-12,14-16H2,1H3. The number of hydrogen-bond acceptors (Lipinski definition) is 4. The van der Waals surface area contributed by atoms with Crippen molar-refractivity contribution in [3.8, 4) is 0 Å². The Balaban J connectivity index is 1.41. The van der Waals surface area contributed by atoms with E-state index in [1.165, 1.54) is 0 Å². The van der Waals surface area contributed by atoms with Crippen LogP contribution in [0.1, 0.15) is 29.0 Å². The Morgan fingerprint density at radius 2 is 1.90 bits per heavy atom. The molecule has 2 amide bonds. The number of benzene rings is 2. The molecular weight excluding hydrogens is 378 g/mol. The summed E-state index contributed by atoms with van der Waals surface area (Å²) in [5.74, 6) is 0.607. The van der Waals surface area contributed by atoms with E-state index in [1.54, 1.807) is 11.0 Å². The van der Waals surface area contributed by atoms with Gasteiger partial charge in [-0.1, -0.05) is 53.7 Å². The molecule has 5 rings (SSSR count). The summed E-state index contributed by atoms with van der Waals surface area (Å²) in [4.78, 5) is 30.2. The highest BCUT2D eigenvalue weighted by molar-refractivity contribution is 6.08. The Morgan fingerprint density at radius 3 is 2.67 bits per heavy atom. The molecule has 3 heterocycles. The Morgan fingerprint density at radius 1 is 1.13 bits per heavy atom. The van der Waals surface area contributed by atoms with E-state index in [-0.39, 0.29) is 18.2 Å². The molecular formula is C24H23N3O3. The van der Waals surface area contributed by atoms with Crippen LogP contribution in [0.5, 0.6) is 0 Å². The van der Waals surface area contributed by atoms with Gasteiger partial charge in [-0.25, -0.2) is 0 Å². The van der Waals surface area contributed by atoms with Crippen LogP contribution in [0, 0.1) is 6.92 Å². The summed E-state index contributed by atoms with van der Waals surface area (Å²) in [5, 5.41) is 3.85. The molecule has 0 radical (unpaired) electrons. The van der Waals surface area contributed by atoms with E-state index in [9.17, 15) is 9.59 Å². The molecule has 30 heavy (non-hydrogen) atoms. The van der Waals surface area contributed by atoms with Gasteiger partial charge in [-0.3, -0.25) is 9.59 Å². The Labute approximate surface area is 175 Å². The van der Waals surface area contributed by atoms with Gasteiger partial charge in [0.25, 0.3) is 0 Å². The van der Waals surface area contributed by atoms with Crippen LogP contribution in [0.3, 0.4) is 0 Å². The lowest BCUT2D eigenvalue weighted by Gasteiger charge is -2.24. The van der Waals surface area contributed by atoms with Gasteiger partial charge in [-0.15, -0.1) is 0 Å². The molecule has 2 aliphatic heterocycles. The minimum absolute atomic E-state index is 0.0326. The molecule has 6 nitrogen and oxygen atoms in total. The van der Waals surface area contributed by atoms with Crippen LogP contribution in [-0.2, 0) is 28.0 Å². The summed E-state index contributed by atoms with van der Waals surface area (Å²) in [6.45, 7) is 3.33. The molecule has 152 valence electrons. The average molecular weight is 401 g/mol. The van der Waals surface area contributed by atoms with Crippen LogP contribution in [0.2, 0.25) is 0 Å². The highest BCUT2D eigenvalue weighted by Crippen LogP contribution is 2.47. The number of amides is 2. The Hall–Kier alpha value is -3.41. The molecule has 0 N–H and O–H groups in total. The topological polar surface area (TPSA) is 66.7 Å². The number of fused-ring (bicyclic) bond motifs is 2. The second kappa shape index (κ2) is 7.13. The fourth-order valence-corrected chi connectivity index (χ4v) is 4.70. The van der Waals surface area contributed by atoms with Gasteiger partial charge >= 0.3 is 0 Å². The quantitative estimate of drug-likeness (QED) is 0.673. The van der Waals surface area contributed by atoms with Crippen LogP contribution in [0.4, 0.5) is 5.69 Å².